The lowest BCUT2D eigenvalue weighted by Gasteiger charge is -2.08. The first-order valence-corrected chi connectivity index (χ1v) is 7.16. The number of ether oxygens (including phenoxy) is 1. The molecule has 0 aliphatic rings. The number of carbonyl (C=O) groups is 1. The summed E-state index contributed by atoms with van der Waals surface area (Å²) in [5, 5.41) is 11.0. The fraction of sp³-hybridized carbons (Fsp3) is 0.692. The maximum absolute atomic E-state index is 11.5. The fourth-order valence-corrected chi connectivity index (χ4v) is 2.03. The molecule has 114 valence electrons. The molecular weight excluding hydrogens is 280 g/mol. The molecule has 1 aromatic rings. The largest absolute Gasteiger partial charge is 0.383 e. The van der Waals surface area contributed by atoms with E-state index in [1.807, 2.05) is 18.5 Å². The van der Waals surface area contributed by atoms with Crippen LogP contribution >= 0.6 is 11.6 Å². The first-order chi connectivity index (χ1) is 9.60. The van der Waals surface area contributed by atoms with Crippen molar-refractivity contribution in [3.05, 3.63) is 16.4 Å². The molecule has 0 aliphatic heterocycles. The van der Waals surface area contributed by atoms with Gasteiger partial charge in [0.2, 0.25) is 5.91 Å². The summed E-state index contributed by atoms with van der Waals surface area (Å²) in [6.45, 7) is 6.98. The highest BCUT2D eigenvalue weighted by Crippen LogP contribution is 2.19. The first kappa shape index (κ1) is 16.9. The number of carbonyl (C=O) groups excluding carboxylic acids is 1. The Morgan fingerprint density at radius 2 is 2.20 bits per heavy atom. The molecule has 0 bridgehead atoms. The van der Waals surface area contributed by atoms with Gasteiger partial charge in [-0.25, -0.2) is 0 Å². The Hall–Kier alpha value is -1.11. The monoisotopic (exact) mass is 302 g/mol. The standard InChI is InChI=1S/C13H23ClN4O2/c1-4-18-11(13(14)10(2)17-18)9-15-6-5-12(19)16-7-8-20-3/h15H,4-9H2,1-3H3,(H,16,19). The third-order valence-corrected chi connectivity index (χ3v) is 3.39. The number of hydrogen-bond acceptors (Lipinski definition) is 4. The zero-order valence-corrected chi connectivity index (χ0v) is 13.1. The second-order valence-corrected chi connectivity index (χ2v) is 4.81. The molecule has 7 heteroatoms. The Balaban J connectivity index is 2.29. The van der Waals surface area contributed by atoms with Crippen LogP contribution in [-0.4, -0.2) is 42.5 Å². The Morgan fingerprint density at radius 1 is 1.45 bits per heavy atom. The van der Waals surface area contributed by atoms with Crippen molar-refractivity contribution in [2.75, 3.05) is 26.8 Å². The van der Waals surface area contributed by atoms with Gasteiger partial charge in [-0.3, -0.25) is 9.48 Å². The highest BCUT2D eigenvalue weighted by Gasteiger charge is 2.11. The fourth-order valence-electron chi connectivity index (χ4n) is 1.83. The molecule has 0 saturated heterocycles. The molecule has 6 nitrogen and oxygen atoms in total. The van der Waals surface area contributed by atoms with E-state index in [4.69, 9.17) is 16.3 Å². The van der Waals surface area contributed by atoms with Crippen LogP contribution in [-0.2, 0) is 22.6 Å². The Labute approximate surface area is 124 Å². The molecule has 1 heterocycles. The summed E-state index contributed by atoms with van der Waals surface area (Å²) in [6.07, 6.45) is 0.431. The van der Waals surface area contributed by atoms with E-state index in [0.29, 0.717) is 37.7 Å². The number of nitrogens with zero attached hydrogens (tertiary/aromatic N) is 2. The minimum Gasteiger partial charge on any atom is -0.383 e. The third kappa shape index (κ3) is 5.11. The Bertz CT molecular complexity index is 434. The van der Waals surface area contributed by atoms with Crippen molar-refractivity contribution in [3.8, 4) is 0 Å². The molecule has 0 aromatic carbocycles. The van der Waals surface area contributed by atoms with Crippen molar-refractivity contribution < 1.29 is 9.53 Å². The van der Waals surface area contributed by atoms with Gasteiger partial charge in [0.25, 0.3) is 0 Å². The summed E-state index contributed by atoms with van der Waals surface area (Å²) in [6, 6.07) is 0. The van der Waals surface area contributed by atoms with E-state index in [1.165, 1.54) is 0 Å². The zero-order chi connectivity index (χ0) is 15.0. The van der Waals surface area contributed by atoms with E-state index in [2.05, 4.69) is 15.7 Å². The van der Waals surface area contributed by atoms with Gasteiger partial charge in [0, 0.05) is 39.7 Å². The van der Waals surface area contributed by atoms with Gasteiger partial charge in [-0.05, 0) is 13.8 Å². The molecule has 1 rings (SSSR count). The van der Waals surface area contributed by atoms with Crippen LogP contribution in [0.1, 0.15) is 24.7 Å². The number of aromatic nitrogens is 2. The SMILES string of the molecule is CCn1nc(C)c(Cl)c1CNCCC(=O)NCCOC. The Kier molecular flexibility index (Phi) is 7.58. The van der Waals surface area contributed by atoms with E-state index in [0.717, 1.165) is 17.9 Å². The molecule has 2 N–H and O–H groups in total. The van der Waals surface area contributed by atoms with Crippen molar-refractivity contribution in [2.24, 2.45) is 0 Å². The van der Waals surface area contributed by atoms with Crippen molar-refractivity contribution >= 4 is 17.5 Å². The van der Waals surface area contributed by atoms with Gasteiger partial charge < -0.3 is 15.4 Å². The van der Waals surface area contributed by atoms with Crippen molar-refractivity contribution in [2.45, 2.75) is 33.4 Å². The summed E-state index contributed by atoms with van der Waals surface area (Å²) in [7, 11) is 1.61. The predicted octanol–water partition coefficient (Wildman–Crippen LogP) is 1.11. The molecule has 0 saturated carbocycles. The van der Waals surface area contributed by atoms with Gasteiger partial charge in [0.05, 0.1) is 23.0 Å². The summed E-state index contributed by atoms with van der Waals surface area (Å²) in [4.78, 5) is 11.5. The number of hydrogen-bond donors (Lipinski definition) is 2. The van der Waals surface area contributed by atoms with E-state index in [1.54, 1.807) is 7.11 Å². The maximum atomic E-state index is 11.5. The molecule has 0 fully saturated rings. The topological polar surface area (TPSA) is 68.2 Å². The van der Waals surface area contributed by atoms with Crippen molar-refractivity contribution in [1.29, 1.82) is 0 Å². The van der Waals surface area contributed by atoms with E-state index in [9.17, 15) is 4.79 Å². The van der Waals surface area contributed by atoms with E-state index >= 15 is 0 Å². The van der Waals surface area contributed by atoms with Gasteiger partial charge >= 0.3 is 0 Å². The first-order valence-electron chi connectivity index (χ1n) is 6.78. The van der Waals surface area contributed by atoms with Gasteiger partial charge in [0.15, 0.2) is 0 Å². The lowest BCUT2D eigenvalue weighted by atomic mass is 10.3. The molecule has 0 spiro atoms. The average Bonchev–Trinajstić information content (AvgIpc) is 2.71. The number of nitrogens with one attached hydrogen (secondary N) is 2. The van der Waals surface area contributed by atoms with Crippen molar-refractivity contribution in [1.82, 2.24) is 20.4 Å². The normalized spacial score (nSPS) is 10.8. The summed E-state index contributed by atoms with van der Waals surface area (Å²) in [5.41, 5.74) is 1.80. The quantitative estimate of drug-likeness (QED) is 0.671. The molecular formula is C13H23ClN4O2. The molecule has 1 amide bonds. The second kappa shape index (κ2) is 8.94. The van der Waals surface area contributed by atoms with Crippen molar-refractivity contribution in [3.63, 3.8) is 0 Å². The van der Waals surface area contributed by atoms with Crippen LogP contribution in [0.5, 0.6) is 0 Å². The van der Waals surface area contributed by atoms with Crippen LogP contribution in [0.2, 0.25) is 5.02 Å². The number of rotatable bonds is 9. The van der Waals surface area contributed by atoms with Gasteiger partial charge in [-0.1, -0.05) is 11.6 Å². The molecule has 0 radical (unpaired) electrons. The van der Waals surface area contributed by atoms with E-state index < -0.39 is 0 Å². The summed E-state index contributed by atoms with van der Waals surface area (Å²) >= 11 is 6.20. The van der Waals surface area contributed by atoms with E-state index in [-0.39, 0.29) is 5.91 Å². The van der Waals surface area contributed by atoms with Crippen LogP contribution in [0, 0.1) is 6.92 Å². The van der Waals surface area contributed by atoms with Gasteiger partial charge in [-0.15, -0.1) is 0 Å². The number of aryl methyl sites for hydroxylation is 2. The molecule has 20 heavy (non-hydrogen) atoms. The molecule has 0 unspecified atom stereocenters. The van der Waals surface area contributed by atoms with Crippen LogP contribution in [0.25, 0.3) is 0 Å². The third-order valence-electron chi connectivity index (χ3n) is 2.90. The smallest absolute Gasteiger partial charge is 0.221 e. The number of methoxy groups -OCH3 is 1. The highest BCUT2D eigenvalue weighted by molar-refractivity contribution is 6.31. The Morgan fingerprint density at radius 3 is 2.85 bits per heavy atom. The maximum Gasteiger partial charge on any atom is 0.221 e. The molecule has 1 aromatic heterocycles. The van der Waals surface area contributed by atoms with Gasteiger partial charge in [0.1, 0.15) is 0 Å². The lowest BCUT2D eigenvalue weighted by Crippen LogP contribution is -2.30. The molecule has 0 aliphatic carbocycles. The van der Waals surface area contributed by atoms with Gasteiger partial charge in [-0.2, -0.15) is 5.10 Å². The van der Waals surface area contributed by atoms with Crippen LogP contribution in [0.4, 0.5) is 0 Å². The lowest BCUT2D eigenvalue weighted by molar-refractivity contribution is -0.121. The predicted molar refractivity (Wildman–Crippen MR) is 78.9 cm³/mol. The minimum absolute atomic E-state index is 0.0147. The average molecular weight is 303 g/mol. The highest BCUT2D eigenvalue weighted by atomic mass is 35.5. The zero-order valence-electron chi connectivity index (χ0n) is 12.3. The summed E-state index contributed by atoms with van der Waals surface area (Å²) < 4.78 is 6.74. The number of halogens is 1. The van der Waals surface area contributed by atoms with Crippen LogP contribution < -0.4 is 10.6 Å². The second-order valence-electron chi connectivity index (χ2n) is 4.43. The van der Waals surface area contributed by atoms with Crippen LogP contribution in [0.15, 0.2) is 0 Å². The minimum atomic E-state index is 0.0147. The van der Waals surface area contributed by atoms with Crippen LogP contribution in [0.3, 0.4) is 0 Å². The summed E-state index contributed by atoms with van der Waals surface area (Å²) in [5.74, 6) is 0.0147. The number of amides is 1. The molecule has 0 atom stereocenters.